The van der Waals surface area contributed by atoms with Crippen molar-refractivity contribution in [2.45, 2.75) is 122 Å². The minimum absolute atomic E-state index is 0.0124. The van der Waals surface area contributed by atoms with Crippen molar-refractivity contribution in [2.75, 3.05) is 20.1 Å². The SMILES string of the molecule is CC(C)CC1NC(=O)C(C)NC(=O)C(NC(=O)NC(CCCN=C(N)N)C(=O)O)CCCCNC(=O)C(Cc2c[nH]c3cc(Cl)c(O)cc23)NC(=O)C(CC(C)C)N(C)C1=O. The van der Waals surface area contributed by atoms with Gasteiger partial charge in [-0.3, -0.25) is 29.0 Å². The topological polar surface area (TPSA) is 316 Å². The molecular weight excluding hydrogens is 814 g/mol. The maximum Gasteiger partial charge on any atom is 0.326 e. The molecule has 7 amide bonds. The highest BCUT2D eigenvalue weighted by atomic mass is 35.5. The summed E-state index contributed by atoms with van der Waals surface area (Å²) in [5.41, 5.74) is 11.8. The van der Waals surface area contributed by atoms with Crippen LogP contribution in [0.15, 0.2) is 23.3 Å². The lowest BCUT2D eigenvalue weighted by atomic mass is 9.97. The van der Waals surface area contributed by atoms with E-state index in [0.717, 1.165) is 0 Å². The van der Waals surface area contributed by atoms with Gasteiger partial charge in [-0.25, -0.2) is 9.59 Å². The number of fused-ring (bicyclic) bond motifs is 1. The van der Waals surface area contributed by atoms with Crippen LogP contribution in [0.25, 0.3) is 10.9 Å². The van der Waals surface area contributed by atoms with Gasteiger partial charge >= 0.3 is 12.0 Å². The minimum Gasteiger partial charge on any atom is -0.506 e. The number of benzene rings is 1. The number of carboxylic acids is 1. The lowest BCUT2D eigenvalue weighted by molar-refractivity contribution is -0.143. The normalized spacial score (nSPS) is 22.0. The summed E-state index contributed by atoms with van der Waals surface area (Å²) in [6.45, 7) is 9.14. The van der Waals surface area contributed by atoms with E-state index in [0.29, 0.717) is 22.9 Å². The standard InChI is InChI=1S/C40H62ClN11O9/c1-20(2)14-30-37(58)52(6)31(15-21(3)4)36(57)48-29(16-23-19-46-28-18-25(41)32(53)17-24(23)28)34(55)44-12-8-7-10-26(35(56)47-22(5)33(54)49-30)50-40(61)51-27(38(59)60)11-9-13-45-39(42)43/h17-22,26-27,29-31,46,53H,7-16H2,1-6H3,(H,44,55)(H,47,56)(H,48,57)(H,49,54)(H,59,60)(H4,42,43,45)(H2,50,51,61). The average Bonchev–Trinajstić information content (AvgIpc) is 3.55. The van der Waals surface area contributed by atoms with E-state index in [9.17, 15) is 43.8 Å². The fourth-order valence-electron chi connectivity index (χ4n) is 6.91. The van der Waals surface area contributed by atoms with Crippen molar-refractivity contribution < 1.29 is 43.8 Å². The number of nitrogens with one attached hydrogen (secondary N) is 7. The molecule has 61 heavy (non-hydrogen) atoms. The van der Waals surface area contributed by atoms with Crippen molar-refractivity contribution in [3.8, 4) is 5.75 Å². The number of hydrogen-bond acceptors (Lipinski definition) is 9. The number of hydrogen-bond donors (Lipinski definition) is 11. The van der Waals surface area contributed by atoms with E-state index in [-0.39, 0.29) is 86.6 Å². The summed E-state index contributed by atoms with van der Waals surface area (Å²) in [5, 5.41) is 36.7. The van der Waals surface area contributed by atoms with Gasteiger partial charge in [-0.05, 0) is 81.4 Å². The first kappa shape index (κ1) is 49.6. The zero-order valence-corrected chi connectivity index (χ0v) is 36.4. The smallest absolute Gasteiger partial charge is 0.326 e. The zero-order valence-electron chi connectivity index (χ0n) is 35.6. The number of H-pyrrole nitrogens is 1. The van der Waals surface area contributed by atoms with Crippen LogP contribution in [0.2, 0.25) is 5.02 Å². The maximum absolute atomic E-state index is 14.2. The summed E-state index contributed by atoms with van der Waals surface area (Å²) in [5.74, 6) is -4.94. The van der Waals surface area contributed by atoms with Gasteiger partial charge in [0.2, 0.25) is 29.5 Å². The van der Waals surface area contributed by atoms with E-state index in [1.54, 1.807) is 12.3 Å². The Morgan fingerprint density at radius 3 is 2.26 bits per heavy atom. The molecule has 0 aliphatic carbocycles. The Labute approximate surface area is 360 Å². The van der Waals surface area contributed by atoms with E-state index in [2.05, 4.69) is 41.9 Å². The number of halogens is 1. The van der Waals surface area contributed by atoms with E-state index in [4.69, 9.17) is 23.1 Å². The van der Waals surface area contributed by atoms with Crippen molar-refractivity contribution in [1.29, 1.82) is 0 Å². The molecule has 1 saturated heterocycles. The van der Waals surface area contributed by atoms with Gasteiger partial charge in [0.1, 0.15) is 42.0 Å². The summed E-state index contributed by atoms with van der Waals surface area (Å²) in [6.07, 6.45) is 2.86. The summed E-state index contributed by atoms with van der Waals surface area (Å²) in [7, 11) is 1.46. The van der Waals surface area contributed by atoms with E-state index in [1.807, 2.05) is 27.7 Å². The van der Waals surface area contributed by atoms with Crippen molar-refractivity contribution in [1.82, 2.24) is 41.8 Å². The van der Waals surface area contributed by atoms with Gasteiger partial charge < -0.3 is 63.5 Å². The van der Waals surface area contributed by atoms with Crippen LogP contribution in [0.5, 0.6) is 5.75 Å². The van der Waals surface area contributed by atoms with Crippen LogP contribution in [0.1, 0.15) is 85.1 Å². The lowest BCUT2D eigenvalue weighted by Gasteiger charge is -2.33. The molecule has 3 rings (SSSR count). The number of aromatic hydroxyl groups is 1. The third kappa shape index (κ3) is 15.3. The number of aromatic nitrogens is 1. The summed E-state index contributed by atoms with van der Waals surface area (Å²) in [6, 6.07) is -5.03. The van der Waals surface area contributed by atoms with Gasteiger partial charge in [-0.15, -0.1) is 0 Å². The molecule has 20 nitrogen and oxygen atoms in total. The second kappa shape index (κ2) is 23.3. The molecule has 1 aliphatic heterocycles. The summed E-state index contributed by atoms with van der Waals surface area (Å²) < 4.78 is 0. The third-order valence-electron chi connectivity index (χ3n) is 10.2. The Morgan fingerprint density at radius 2 is 1.62 bits per heavy atom. The predicted octanol–water partition coefficient (Wildman–Crippen LogP) is 0.938. The maximum atomic E-state index is 14.2. The molecule has 0 radical (unpaired) electrons. The highest BCUT2D eigenvalue weighted by Crippen LogP contribution is 2.31. The van der Waals surface area contributed by atoms with E-state index in [1.165, 1.54) is 24.9 Å². The Balaban J connectivity index is 1.97. The third-order valence-corrected chi connectivity index (χ3v) is 10.5. The monoisotopic (exact) mass is 875 g/mol. The number of phenols is 1. The molecular formula is C40H62ClN11O9. The first-order chi connectivity index (χ1) is 28.7. The Hall–Kier alpha value is -5.79. The van der Waals surface area contributed by atoms with Crippen LogP contribution in [-0.4, -0.2) is 124 Å². The Kier molecular flexibility index (Phi) is 18.9. The van der Waals surface area contributed by atoms with Gasteiger partial charge in [0.25, 0.3) is 0 Å². The molecule has 6 unspecified atom stereocenters. The van der Waals surface area contributed by atoms with E-state index >= 15 is 0 Å². The number of urea groups is 1. The number of nitrogens with zero attached hydrogens (tertiary/aromatic N) is 2. The number of aromatic amines is 1. The summed E-state index contributed by atoms with van der Waals surface area (Å²) >= 11 is 6.12. The number of rotatable bonds is 13. The average molecular weight is 876 g/mol. The molecule has 0 spiro atoms. The second-order valence-corrected chi connectivity index (χ2v) is 16.6. The van der Waals surface area contributed by atoms with Crippen molar-refractivity contribution in [2.24, 2.45) is 28.3 Å². The number of aliphatic carboxylic acids is 1. The molecule has 6 atom stereocenters. The van der Waals surface area contributed by atoms with Gasteiger partial charge in [0.15, 0.2) is 5.96 Å². The number of carboxylic acid groups (broad SMARTS) is 1. The number of aliphatic imine (C=N–C) groups is 1. The molecule has 1 aromatic heterocycles. The van der Waals surface area contributed by atoms with Crippen LogP contribution >= 0.6 is 11.6 Å². The quantitative estimate of drug-likeness (QED) is 0.0764. The molecule has 0 bridgehead atoms. The largest absolute Gasteiger partial charge is 0.506 e. The number of amides is 7. The van der Waals surface area contributed by atoms with Gasteiger partial charge in [0.05, 0.1) is 5.02 Å². The van der Waals surface area contributed by atoms with Crippen molar-refractivity contribution >= 4 is 70.0 Å². The van der Waals surface area contributed by atoms with Crippen molar-refractivity contribution in [3.63, 3.8) is 0 Å². The first-order valence-electron chi connectivity index (χ1n) is 20.5. The predicted molar refractivity (Wildman–Crippen MR) is 229 cm³/mol. The van der Waals surface area contributed by atoms with Crippen LogP contribution < -0.4 is 43.4 Å². The number of likely N-dealkylation sites (N-methyl/N-ethyl adjacent to an activating group) is 1. The molecule has 1 aromatic carbocycles. The Bertz CT molecular complexity index is 1920. The highest BCUT2D eigenvalue weighted by molar-refractivity contribution is 6.32. The number of carbonyl (C=O) groups is 7. The number of guanidine groups is 1. The van der Waals surface area contributed by atoms with Crippen LogP contribution in [0.4, 0.5) is 4.79 Å². The number of phenolic OH excluding ortho intramolecular Hbond substituents is 1. The summed E-state index contributed by atoms with van der Waals surface area (Å²) in [4.78, 5) is 103. The fraction of sp³-hybridized carbons (Fsp3) is 0.600. The minimum atomic E-state index is -1.34. The Morgan fingerprint density at radius 1 is 0.951 bits per heavy atom. The molecule has 2 aromatic rings. The molecule has 13 N–H and O–H groups in total. The molecule has 1 aliphatic rings. The van der Waals surface area contributed by atoms with E-state index < -0.39 is 77.8 Å². The van der Waals surface area contributed by atoms with Crippen molar-refractivity contribution in [3.05, 3.63) is 28.9 Å². The van der Waals surface area contributed by atoms with Gasteiger partial charge in [-0.1, -0.05) is 39.3 Å². The molecule has 338 valence electrons. The van der Waals surface area contributed by atoms with Crippen LogP contribution in [-0.2, 0) is 35.2 Å². The first-order valence-corrected chi connectivity index (χ1v) is 20.8. The molecule has 21 heteroatoms. The molecule has 1 fully saturated rings. The number of nitrogens with two attached hydrogens (primary N) is 2. The molecule has 2 heterocycles. The fourth-order valence-corrected chi connectivity index (χ4v) is 7.07. The van der Waals surface area contributed by atoms with Gasteiger partial charge in [0, 0.05) is 43.7 Å². The number of carbonyl (C=O) groups excluding carboxylic acids is 6. The lowest BCUT2D eigenvalue weighted by Crippen LogP contribution is -2.59. The second-order valence-electron chi connectivity index (χ2n) is 16.2. The highest BCUT2D eigenvalue weighted by Gasteiger charge is 2.36. The zero-order chi connectivity index (χ0) is 45.6. The van der Waals surface area contributed by atoms with Gasteiger partial charge in [-0.2, -0.15) is 0 Å². The van der Waals surface area contributed by atoms with Crippen LogP contribution in [0.3, 0.4) is 0 Å². The molecule has 0 saturated carbocycles. The van der Waals surface area contributed by atoms with Crippen LogP contribution in [0, 0.1) is 11.8 Å².